The number of anilines is 4. The van der Waals surface area contributed by atoms with E-state index < -0.39 is 0 Å². The molecule has 0 bridgehead atoms. The summed E-state index contributed by atoms with van der Waals surface area (Å²) in [4.78, 5) is 12.3. The SMILES string of the molecule is OCCNSc1ccc(Nc2nccc(N3CCCc4cc(O)ccc43)n2)cc1. The fourth-order valence-electron chi connectivity index (χ4n) is 3.30. The van der Waals surface area contributed by atoms with Crippen molar-refractivity contribution in [2.75, 3.05) is 29.9 Å². The van der Waals surface area contributed by atoms with E-state index in [0.717, 1.165) is 47.0 Å². The van der Waals surface area contributed by atoms with Crippen LogP contribution in [0.25, 0.3) is 0 Å². The Morgan fingerprint density at radius 1 is 1.10 bits per heavy atom. The van der Waals surface area contributed by atoms with E-state index in [1.54, 1.807) is 12.3 Å². The standard InChI is InChI=1S/C21H23N5O2S/c27-13-11-23-29-18-6-3-16(4-7-18)24-21-22-10-9-20(25-21)26-12-1-2-15-14-17(28)5-8-19(15)26/h3-10,14,23,27-28H,1-2,11-13H2,(H,22,24,25). The fourth-order valence-corrected chi connectivity index (χ4v) is 3.93. The van der Waals surface area contributed by atoms with Crippen molar-refractivity contribution in [3.05, 3.63) is 60.3 Å². The van der Waals surface area contributed by atoms with E-state index in [4.69, 9.17) is 10.1 Å². The first kappa shape index (κ1) is 19.5. The number of fused-ring (bicyclic) bond motifs is 1. The van der Waals surface area contributed by atoms with Gasteiger partial charge >= 0.3 is 0 Å². The summed E-state index contributed by atoms with van der Waals surface area (Å²) in [6.45, 7) is 1.54. The zero-order valence-electron chi connectivity index (χ0n) is 15.9. The van der Waals surface area contributed by atoms with Gasteiger partial charge in [-0.2, -0.15) is 4.98 Å². The number of phenolic OH excluding ortho intramolecular Hbond substituents is 1. The zero-order valence-corrected chi connectivity index (χ0v) is 16.7. The van der Waals surface area contributed by atoms with Gasteiger partial charge in [0.05, 0.1) is 6.61 Å². The van der Waals surface area contributed by atoms with Gasteiger partial charge in [0.25, 0.3) is 0 Å². The first-order valence-corrected chi connectivity index (χ1v) is 10.3. The molecule has 0 radical (unpaired) electrons. The molecule has 0 saturated carbocycles. The smallest absolute Gasteiger partial charge is 0.229 e. The third-order valence-corrected chi connectivity index (χ3v) is 5.47. The second-order valence-corrected chi connectivity index (χ2v) is 7.64. The summed E-state index contributed by atoms with van der Waals surface area (Å²) in [7, 11) is 0. The number of aliphatic hydroxyl groups excluding tert-OH is 1. The van der Waals surface area contributed by atoms with Gasteiger partial charge in [0.1, 0.15) is 11.6 Å². The highest BCUT2D eigenvalue weighted by Crippen LogP contribution is 2.34. The minimum absolute atomic E-state index is 0.114. The molecule has 0 atom stereocenters. The number of phenols is 1. The minimum Gasteiger partial charge on any atom is -0.508 e. The molecule has 0 amide bonds. The number of benzene rings is 2. The number of aryl methyl sites for hydroxylation is 1. The van der Waals surface area contributed by atoms with Gasteiger partial charge < -0.3 is 20.4 Å². The van der Waals surface area contributed by atoms with E-state index in [1.807, 2.05) is 42.5 Å². The van der Waals surface area contributed by atoms with Crippen molar-refractivity contribution in [3.8, 4) is 5.75 Å². The number of aromatic nitrogens is 2. The molecule has 0 spiro atoms. The molecule has 2 aromatic carbocycles. The Bertz CT molecular complexity index is 968. The van der Waals surface area contributed by atoms with Crippen molar-refractivity contribution in [3.63, 3.8) is 0 Å². The van der Waals surface area contributed by atoms with Gasteiger partial charge in [-0.15, -0.1) is 0 Å². The molecule has 150 valence electrons. The van der Waals surface area contributed by atoms with Crippen LogP contribution in [0.5, 0.6) is 5.75 Å². The molecule has 0 aliphatic carbocycles. The Morgan fingerprint density at radius 3 is 2.79 bits per heavy atom. The second-order valence-electron chi connectivity index (χ2n) is 6.68. The molecule has 7 nitrogen and oxygen atoms in total. The van der Waals surface area contributed by atoms with Crippen LogP contribution in [0.3, 0.4) is 0 Å². The highest BCUT2D eigenvalue weighted by Gasteiger charge is 2.20. The molecule has 1 aromatic heterocycles. The van der Waals surface area contributed by atoms with E-state index >= 15 is 0 Å². The second kappa shape index (κ2) is 9.13. The molecule has 8 heteroatoms. The Kier molecular flexibility index (Phi) is 6.14. The maximum Gasteiger partial charge on any atom is 0.229 e. The topological polar surface area (TPSA) is 93.5 Å². The van der Waals surface area contributed by atoms with Crippen LogP contribution in [-0.4, -0.2) is 39.9 Å². The van der Waals surface area contributed by atoms with Crippen LogP contribution < -0.4 is 14.9 Å². The first-order valence-electron chi connectivity index (χ1n) is 9.53. The lowest BCUT2D eigenvalue weighted by Gasteiger charge is -2.30. The zero-order chi connectivity index (χ0) is 20.1. The number of hydrogen-bond acceptors (Lipinski definition) is 8. The molecule has 0 saturated heterocycles. The van der Waals surface area contributed by atoms with Crippen molar-refractivity contribution in [1.29, 1.82) is 0 Å². The number of nitrogens with zero attached hydrogens (tertiary/aromatic N) is 3. The quantitative estimate of drug-likeness (QED) is 0.347. The Hall–Kier alpha value is -2.81. The van der Waals surface area contributed by atoms with Gasteiger partial charge in [-0.1, -0.05) is 0 Å². The first-order chi connectivity index (χ1) is 14.2. The van der Waals surface area contributed by atoms with Crippen LogP contribution in [0.15, 0.2) is 59.6 Å². The summed E-state index contributed by atoms with van der Waals surface area (Å²) in [5.74, 6) is 1.66. The van der Waals surface area contributed by atoms with Crippen molar-refractivity contribution in [2.45, 2.75) is 17.7 Å². The third-order valence-electron chi connectivity index (χ3n) is 4.61. The predicted molar refractivity (Wildman–Crippen MR) is 116 cm³/mol. The van der Waals surface area contributed by atoms with Crippen molar-refractivity contribution < 1.29 is 10.2 Å². The van der Waals surface area contributed by atoms with E-state index in [9.17, 15) is 5.11 Å². The number of rotatable bonds is 7. The van der Waals surface area contributed by atoms with Gasteiger partial charge in [0.15, 0.2) is 0 Å². The van der Waals surface area contributed by atoms with Crippen LogP contribution in [-0.2, 0) is 6.42 Å². The molecular weight excluding hydrogens is 386 g/mol. The van der Waals surface area contributed by atoms with Crippen LogP contribution in [0.4, 0.5) is 23.1 Å². The van der Waals surface area contributed by atoms with Crippen LogP contribution in [0.2, 0.25) is 0 Å². The van der Waals surface area contributed by atoms with Crippen LogP contribution in [0.1, 0.15) is 12.0 Å². The molecule has 0 unspecified atom stereocenters. The monoisotopic (exact) mass is 409 g/mol. The predicted octanol–water partition coefficient (Wildman–Crippen LogP) is 3.60. The largest absolute Gasteiger partial charge is 0.508 e. The number of hydrogen-bond donors (Lipinski definition) is 4. The van der Waals surface area contributed by atoms with E-state index in [0.29, 0.717) is 18.2 Å². The van der Waals surface area contributed by atoms with Gasteiger partial charge in [-0.25, -0.2) is 4.98 Å². The summed E-state index contributed by atoms with van der Waals surface area (Å²) in [5.41, 5.74) is 3.11. The number of aliphatic hydroxyl groups is 1. The van der Waals surface area contributed by atoms with Crippen molar-refractivity contribution in [1.82, 2.24) is 14.7 Å². The third kappa shape index (κ3) is 4.79. The van der Waals surface area contributed by atoms with Gasteiger partial charge in [-0.05, 0) is 78.9 Å². The maximum absolute atomic E-state index is 9.76. The van der Waals surface area contributed by atoms with Gasteiger partial charge in [-0.3, -0.25) is 4.72 Å². The Balaban J connectivity index is 1.49. The maximum atomic E-state index is 9.76. The van der Waals surface area contributed by atoms with E-state index in [-0.39, 0.29) is 6.61 Å². The minimum atomic E-state index is 0.114. The summed E-state index contributed by atoms with van der Waals surface area (Å²) < 4.78 is 3.08. The Morgan fingerprint density at radius 2 is 1.97 bits per heavy atom. The Labute approximate surface area is 174 Å². The molecule has 4 N–H and O–H groups in total. The van der Waals surface area contributed by atoms with Crippen LogP contribution in [0, 0.1) is 0 Å². The van der Waals surface area contributed by atoms with Crippen molar-refractivity contribution >= 4 is 35.1 Å². The lowest BCUT2D eigenvalue weighted by Crippen LogP contribution is -2.25. The summed E-state index contributed by atoms with van der Waals surface area (Å²) in [6.07, 6.45) is 3.71. The summed E-state index contributed by atoms with van der Waals surface area (Å²) in [5, 5.41) is 21.8. The molecular formula is C21H23N5O2S. The number of nitrogens with one attached hydrogen (secondary N) is 2. The summed E-state index contributed by atoms with van der Waals surface area (Å²) >= 11 is 1.48. The normalized spacial score (nSPS) is 13.2. The molecule has 3 aromatic rings. The highest BCUT2D eigenvalue weighted by molar-refractivity contribution is 7.97. The van der Waals surface area contributed by atoms with Crippen molar-refractivity contribution in [2.24, 2.45) is 0 Å². The van der Waals surface area contributed by atoms with E-state index in [1.165, 1.54) is 11.9 Å². The van der Waals surface area contributed by atoms with Crippen LogP contribution >= 0.6 is 11.9 Å². The highest BCUT2D eigenvalue weighted by atomic mass is 32.2. The lowest BCUT2D eigenvalue weighted by atomic mass is 10.0. The molecule has 1 aliphatic rings. The molecule has 29 heavy (non-hydrogen) atoms. The molecule has 1 aliphatic heterocycles. The molecule has 2 heterocycles. The fraction of sp³-hybridized carbons (Fsp3) is 0.238. The molecule has 4 rings (SSSR count). The number of aromatic hydroxyl groups is 1. The lowest BCUT2D eigenvalue weighted by molar-refractivity contribution is 0.302. The average molecular weight is 410 g/mol. The summed E-state index contributed by atoms with van der Waals surface area (Å²) in [6, 6.07) is 15.3. The molecule has 0 fully saturated rings. The average Bonchev–Trinajstić information content (AvgIpc) is 2.75. The van der Waals surface area contributed by atoms with E-state index in [2.05, 4.69) is 19.9 Å². The van der Waals surface area contributed by atoms with Gasteiger partial charge in [0.2, 0.25) is 5.95 Å². The van der Waals surface area contributed by atoms with Gasteiger partial charge in [0, 0.05) is 35.6 Å².